The number of carbonyl (C=O) groups is 1. The van der Waals surface area contributed by atoms with Crippen LogP contribution in [0.2, 0.25) is 0 Å². The lowest BCUT2D eigenvalue weighted by atomic mass is 9.98. The third-order valence-electron chi connectivity index (χ3n) is 4.57. The van der Waals surface area contributed by atoms with Gasteiger partial charge in [-0.1, -0.05) is 6.92 Å². The minimum Gasteiger partial charge on any atom is -0.368 e. The zero-order chi connectivity index (χ0) is 14.1. The number of aromatic nitrogens is 2. The number of aryl methyl sites for hydroxylation is 1. The molecule has 1 saturated heterocycles. The fourth-order valence-corrected chi connectivity index (χ4v) is 3.29. The van der Waals surface area contributed by atoms with Crippen molar-refractivity contribution in [3.63, 3.8) is 0 Å². The average molecular weight is 277 g/mol. The van der Waals surface area contributed by atoms with Gasteiger partial charge in [-0.3, -0.25) is 4.79 Å². The van der Waals surface area contributed by atoms with E-state index in [9.17, 15) is 4.79 Å². The van der Waals surface area contributed by atoms with Crippen LogP contribution in [0.4, 0.5) is 0 Å². The zero-order valence-electron chi connectivity index (χ0n) is 12.3. The SMILES string of the molecule is C[C@@H]1CCO[C@H]1C(=O)N(C)C[C@H]1CCc2nccn2C1. The van der Waals surface area contributed by atoms with E-state index in [0.717, 1.165) is 32.4 Å². The molecule has 0 spiro atoms. The Bertz CT molecular complexity index is 485. The van der Waals surface area contributed by atoms with Crippen molar-refractivity contribution in [2.75, 3.05) is 20.2 Å². The molecule has 0 bridgehead atoms. The Morgan fingerprint density at radius 1 is 1.55 bits per heavy atom. The van der Waals surface area contributed by atoms with Crippen molar-refractivity contribution in [2.45, 2.75) is 38.8 Å². The highest BCUT2D eigenvalue weighted by molar-refractivity contribution is 5.81. The van der Waals surface area contributed by atoms with E-state index in [0.29, 0.717) is 18.4 Å². The lowest BCUT2D eigenvalue weighted by Gasteiger charge is -2.30. The van der Waals surface area contributed by atoms with Crippen molar-refractivity contribution in [1.29, 1.82) is 0 Å². The van der Waals surface area contributed by atoms with Crippen LogP contribution in [0.3, 0.4) is 0 Å². The number of nitrogens with zero attached hydrogens (tertiary/aromatic N) is 3. The van der Waals surface area contributed by atoms with Crippen molar-refractivity contribution in [1.82, 2.24) is 14.5 Å². The Morgan fingerprint density at radius 3 is 3.15 bits per heavy atom. The van der Waals surface area contributed by atoms with Crippen molar-refractivity contribution < 1.29 is 9.53 Å². The van der Waals surface area contributed by atoms with Crippen molar-refractivity contribution in [2.24, 2.45) is 11.8 Å². The molecule has 20 heavy (non-hydrogen) atoms. The molecule has 1 fully saturated rings. The first-order valence-electron chi connectivity index (χ1n) is 7.51. The summed E-state index contributed by atoms with van der Waals surface area (Å²) in [4.78, 5) is 18.6. The van der Waals surface area contributed by atoms with E-state index in [4.69, 9.17) is 4.74 Å². The topological polar surface area (TPSA) is 47.4 Å². The Balaban J connectivity index is 1.57. The van der Waals surface area contributed by atoms with E-state index >= 15 is 0 Å². The molecule has 5 nitrogen and oxygen atoms in total. The van der Waals surface area contributed by atoms with Gasteiger partial charge in [-0.25, -0.2) is 4.98 Å². The minimum atomic E-state index is -0.229. The smallest absolute Gasteiger partial charge is 0.251 e. The van der Waals surface area contributed by atoms with E-state index in [-0.39, 0.29) is 12.0 Å². The van der Waals surface area contributed by atoms with E-state index < -0.39 is 0 Å². The van der Waals surface area contributed by atoms with Crippen LogP contribution in [0.5, 0.6) is 0 Å². The van der Waals surface area contributed by atoms with Crippen molar-refractivity contribution in [3.05, 3.63) is 18.2 Å². The van der Waals surface area contributed by atoms with Gasteiger partial charge < -0.3 is 14.2 Å². The normalized spacial score (nSPS) is 29.2. The number of imidazole rings is 1. The van der Waals surface area contributed by atoms with Gasteiger partial charge in [0.25, 0.3) is 5.91 Å². The predicted octanol–water partition coefficient (Wildman–Crippen LogP) is 1.33. The first kappa shape index (κ1) is 13.6. The molecule has 1 aromatic heterocycles. The standard InChI is InChI=1S/C15H23N3O2/c1-11-5-8-20-14(11)15(19)17(2)9-12-3-4-13-16-6-7-18(13)10-12/h6-7,11-12,14H,3-5,8-10H2,1-2H3/t11-,12-,14-/m1/s1. The molecule has 0 aromatic carbocycles. The highest BCUT2D eigenvalue weighted by Gasteiger charge is 2.33. The quantitative estimate of drug-likeness (QED) is 0.837. The number of amides is 1. The minimum absolute atomic E-state index is 0.145. The monoisotopic (exact) mass is 277 g/mol. The molecule has 3 heterocycles. The first-order valence-corrected chi connectivity index (χ1v) is 7.51. The molecule has 0 radical (unpaired) electrons. The van der Waals surface area contributed by atoms with Crippen LogP contribution in [0.25, 0.3) is 0 Å². The largest absolute Gasteiger partial charge is 0.368 e. The Labute approximate surface area is 119 Å². The summed E-state index contributed by atoms with van der Waals surface area (Å²) in [7, 11) is 1.90. The summed E-state index contributed by atoms with van der Waals surface area (Å²) in [5, 5.41) is 0. The summed E-state index contributed by atoms with van der Waals surface area (Å²) in [6, 6.07) is 0. The van der Waals surface area contributed by atoms with Gasteiger partial charge in [0, 0.05) is 45.6 Å². The van der Waals surface area contributed by atoms with Gasteiger partial charge in [-0.15, -0.1) is 0 Å². The number of rotatable bonds is 3. The summed E-state index contributed by atoms with van der Waals surface area (Å²) >= 11 is 0. The zero-order valence-corrected chi connectivity index (χ0v) is 12.3. The van der Waals surface area contributed by atoms with Gasteiger partial charge in [0.15, 0.2) is 0 Å². The van der Waals surface area contributed by atoms with Crippen LogP contribution in [-0.2, 0) is 22.5 Å². The molecular formula is C15H23N3O2. The molecule has 0 saturated carbocycles. The molecule has 0 aliphatic carbocycles. The summed E-state index contributed by atoms with van der Waals surface area (Å²) in [6.45, 7) is 4.59. The Kier molecular flexibility index (Phi) is 3.78. The predicted molar refractivity (Wildman–Crippen MR) is 75.2 cm³/mol. The second kappa shape index (κ2) is 5.56. The highest BCUT2D eigenvalue weighted by atomic mass is 16.5. The molecule has 1 amide bonds. The number of carbonyl (C=O) groups excluding carboxylic acids is 1. The third-order valence-corrected chi connectivity index (χ3v) is 4.57. The van der Waals surface area contributed by atoms with Crippen LogP contribution in [-0.4, -0.2) is 46.7 Å². The van der Waals surface area contributed by atoms with Crippen LogP contribution in [0, 0.1) is 11.8 Å². The molecule has 0 N–H and O–H groups in total. The highest BCUT2D eigenvalue weighted by Crippen LogP contribution is 2.23. The van der Waals surface area contributed by atoms with Gasteiger partial charge in [0.1, 0.15) is 11.9 Å². The summed E-state index contributed by atoms with van der Waals surface area (Å²) in [5.41, 5.74) is 0. The fraction of sp³-hybridized carbons (Fsp3) is 0.733. The van der Waals surface area contributed by atoms with E-state index in [1.54, 1.807) is 0 Å². The second-order valence-corrected chi connectivity index (χ2v) is 6.18. The maximum absolute atomic E-state index is 12.4. The summed E-state index contributed by atoms with van der Waals surface area (Å²) in [6.07, 6.45) is 6.77. The van der Waals surface area contributed by atoms with Crippen LogP contribution in [0.15, 0.2) is 12.4 Å². The molecule has 0 unspecified atom stereocenters. The van der Waals surface area contributed by atoms with Gasteiger partial charge in [-0.05, 0) is 24.7 Å². The number of hydrogen-bond acceptors (Lipinski definition) is 3. The van der Waals surface area contributed by atoms with E-state index in [2.05, 4.69) is 16.5 Å². The lowest BCUT2D eigenvalue weighted by molar-refractivity contribution is -0.141. The van der Waals surface area contributed by atoms with Gasteiger partial charge >= 0.3 is 0 Å². The van der Waals surface area contributed by atoms with Crippen LogP contribution < -0.4 is 0 Å². The summed E-state index contributed by atoms with van der Waals surface area (Å²) < 4.78 is 7.78. The number of likely N-dealkylation sites (N-methyl/N-ethyl adjacent to an activating group) is 1. The van der Waals surface area contributed by atoms with E-state index in [1.807, 2.05) is 24.3 Å². The Hall–Kier alpha value is -1.36. The summed E-state index contributed by atoms with van der Waals surface area (Å²) in [5.74, 6) is 2.17. The van der Waals surface area contributed by atoms with Gasteiger partial charge in [0.2, 0.25) is 0 Å². The molecule has 3 atom stereocenters. The molecule has 2 aliphatic heterocycles. The second-order valence-electron chi connectivity index (χ2n) is 6.18. The van der Waals surface area contributed by atoms with E-state index in [1.165, 1.54) is 5.82 Å². The number of ether oxygens (including phenoxy) is 1. The van der Waals surface area contributed by atoms with Crippen molar-refractivity contribution in [3.8, 4) is 0 Å². The van der Waals surface area contributed by atoms with Crippen molar-refractivity contribution >= 4 is 5.91 Å². The maximum Gasteiger partial charge on any atom is 0.251 e. The van der Waals surface area contributed by atoms with Gasteiger partial charge in [-0.2, -0.15) is 0 Å². The molecule has 110 valence electrons. The lowest BCUT2D eigenvalue weighted by Crippen LogP contribution is -2.42. The van der Waals surface area contributed by atoms with Crippen LogP contribution in [0.1, 0.15) is 25.6 Å². The molecule has 5 heteroatoms. The average Bonchev–Trinajstić information content (AvgIpc) is 3.05. The number of fused-ring (bicyclic) bond motifs is 1. The fourth-order valence-electron chi connectivity index (χ4n) is 3.29. The molecule has 1 aromatic rings. The Morgan fingerprint density at radius 2 is 2.40 bits per heavy atom. The van der Waals surface area contributed by atoms with Gasteiger partial charge in [0.05, 0.1) is 0 Å². The number of hydrogen-bond donors (Lipinski definition) is 0. The molecule has 2 aliphatic rings. The molecular weight excluding hydrogens is 254 g/mol. The maximum atomic E-state index is 12.4. The third kappa shape index (κ3) is 2.59. The molecule has 3 rings (SSSR count). The van der Waals surface area contributed by atoms with Crippen LogP contribution >= 0.6 is 0 Å². The first-order chi connectivity index (χ1) is 9.65.